The van der Waals surface area contributed by atoms with Gasteiger partial charge in [-0.3, -0.25) is 4.68 Å². The van der Waals surface area contributed by atoms with Gasteiger partial charge >= 0.3 is 6.03 Å². The summed E-state index contributed by atoms with van der Waals surface area (Å²) < 4.78 is 7.83. The van der Waals surface area contributed by atoms with E-state index in [0.717, 1.165) is 28.9 Å². The number of halogens is 1. The molecule has 0 fully saturated rings. The molecular weight excluding hydrogens is 400 g/mol. The van der Waals surface area contributed by atoms with Crippen molar-refractivity contribution in [3.63, 3.8) is 0 Å². The summed E-state index contributed by atoms with van der Waals surface area (Å²) in [5.74, 6) is 0. The number of aryl methyl sites for hydroxylation is 2. The highest BCUT2D eigenvalue weighted by Gasteiger charge is 2.26. The molecule has 0 radical (unpaired) electrons. The zero-order valence-corrected chi connectivity index (χ0v) is 17.9. The molecule has 2 heterocycles. The van der Waals surface area contributed by atoms with Crippen LogP contribution < -0.4 is 5.32 Å². The van der Waals surface area contributed by atoms with Crippen molar-refractivity contribution in [2.75, 3.05) is 11.9 Å². The lowest BCUT2D eigenvalue weighted by Crippen LogP contribution is -2.39. The van der Waals surface area contributed by atoms with Crippen molar-refractivity contribution in [1.82, 2.24) is 14.7 Å². The normalized spacial score (nSPS) is 13.2. The van der Waals surface area contributed by atoms with Gasteiger partial charge in [-0.25, -0.2) is 4.79 Å². The second-order valence-electron chi connectivity index (χ2n) is 7.59. The molecule has 0 unspecified atom stereocenters. The number of nitrogens with zero attached hydrogens (tertiary/aromatic N) is 3. The number of aromatic nitrogens is 2. The Morgan fingerprint density at radius 2 is 2.00 bits per heavy atom. The minimum Gasteiger partial charge on any atom is -0.370 e. The first-order valence-electron chi connectivity index (χ1n) is 9.98. The summed E-state index contributed by atoms with van der Waals surface area (Å²) in [5, 5.41) is 8.16. The predicted molar refractivity (Wildman–Crippen MR) is 117 cm³/mol. The van der Waals surface area contributed by atoms with E-state index < -0.39 is 0 Å². The number of carbonyl (C=O) groups is 1. The van der Waals surface area contributed by atoms with Crippen molar-refractivity contribution in [3.8, 4) is 0 Å². The van der Waals surface area contributed by atoms with Gasteiger partial charge in [-0.2, -0.15) is 5.10 Å². The van der Waals surface area contributed by atoms with Gasteiger partial charge < -0.3 is 15.0 Å². The zero-order chi connectivity index (χ0) is 21.1. The molecule has 0 aliphatic carbocycles. The van der Waals surface area contributed by atoms with Gasteiger partial charge in [0.25, 0.3) is 0 Å². The van der Waals surface area contributed by atoms with Gasteiger partial charge in [0.15, 0.2) is 0 Å². The van der Waals surface area contributed by atoms with Crippen LogP contribution in [0.4, 0.5) is 10.5 Å². The van der Waals surface area contributed by atoms with Crippen LogP contribution in [0.3, 0.4) is 0 Å². The van der Waals surface area contributed by atoms with E-state index in [0.29, 0.717) is 37.0 Å². The summed E-state index contributed by atoms with van der Waals surface area (Å²) in [7, 11) is 1.95. The monoisotopic (exact) mass is 424 g/mol. The maximum Gasteiger partial charge on any atom is 0.322 e. The van der Waals surface area contributed by atoms with Crippen LogP contribution in [0.2, 0.25) is 5.02 Å². The smallest absolute Gasteiger partial charge is 0.322 e. The van der Waals surface area contributed by atoms with Crippen LogP contribution in [0.1, 0.15) is 28.1 Å². The minimum atomic E-state index is -0.140. The Morgan fingerprint density at radius 1 is 1.20 bits per heavy atom. The van der Waals surface area contributed by atoms with Crippen LogP contribution >= 0.6 is 11.6 Å². The lowest BCUT2D eigenvalue weighted by Gasteiger charge is -2.28. The summed E-state index contributed by atoms with van der Waals surface area (Å²) in [5.41, 5.74) is 6.18. The highest BCUT2D eigenvalue weighted by molar-refractivity contribution is 6.30. The van der Waals surface area contributed by atoms with Gasteiger partial charge in [0.1, 0.15) is 0 Å². The lowest BCUT2D eigenvalue weighted by atomic mass is 10.1. The van der Waals surface area contributed by atoms with E-state index in [1.807, 2.05) is 23.9 Å². The van der Waals surface area contributed by atoms with Gasteiger partial charge in [-0.05, 0) is 30.7 Å². The first kappa shape index (κ1) is 20.4. The molecule has 0 atom stereocenters. The van der Waals surface area contributed by atoms with Gasteiger partial charge in [0.2, 0.25) is 0 Å². The fourth-order valence-corrected chi connectivity index (χ4v) is 3.87. The van der Waals surface area contributed by atoms with Crippen molar-refractivity contribution >= 4 is 23.3 Å². The Morgan fingerprint density at radius 3 is 2.77 bits per heavy atom. The molecule has 1 aliphatic rings. The van der Waals surface area contributed by atoms with Crippen molar-refractivity contribution in [2.45, 2.75) is 33.1 Å². The van der Waals surface area contributed by atoms with E-state index in [9.17, 15) is 4.79 Å². The molecule has 1 aromatic heterocycles. The molecule has 0 spiro atoms. The molecule has 1 N–H and O–H groups in total. The molecule has 6 nitrogen and oxygen atoms in total. The topological polar surface area (TPSA) is 59.4 Å². The van der Waals surface area contributed by atoms with E-state index >= 15 is 0 Å². The first-order valence-corrected chi connectivity index (χ1v) is 10.4. The number of ether oxygens (including phenoxy) is 1. The van der Waals surface area contributed by atoms with Crippen molar-refractivity contribution in [3.05, 3.63) is 81.6 Å². The van der Waals surface area contributed by atoms with Crippen LogP contribution in [0.25, 0.3) is 0 Å². The molecule has 2 amide bonds. The number of amides is 2. The summed E-state index contributed by atoms with van der Waals surface area (Å²) >= 11 is 6.02. The third-order valence-corrected chi connectivity index (χ3v) is 5.55. The fourth-order valence-electron chi connectivity index (χ4n) is 3.68. The second-order valence-corrected chi connectivity index (χ2v) is 8.02. The zero-order valence-electron chi connectivity index (χ0n) is 17.2. The molecule has 7 heteroatoms. The summed E-state index contributed by atoms with van der Waals surface area (Å²) in [6.07, 6.45) is 0.764. The van der Waals surface area contributed by atoms with Crippen molar-refractivity contribution in [2.24, 2.45) is 7.05 Å². The quantitative estimate of drug-likeness (QED) is 0.646. The number of urea groups is 1. The number of rotatable bonds is 5. The Hall–Kier alpha value is -2.83. The predicted octanol–water partition coefficient (Wildman–Crippen LogP) is 4.69. The number of nitrogens with one attached hydrogen (secondary N) is 1. The van der Waals surface area contributed by atoms with Gasteiger partial charge in [0, 0.05) is 42.0 Å². The maximum atomic E-state index is 12.7. The van der Waals surface area contributed by atoms with Gasteiger partial charge in [0.05, 0.1) is 25.5 Å². The number of hydrogen-bond donors (Lipinski definition) is 1. The minimum absolute atomic E-state index is 0.140. The van der Waals surface area contributed by atoms with E-state index in [2.05, 4.69) is 41.6 Å². The van der Waals surface area contributed by atoms with Crippen molar-refractivity contribution < 1.29 is 9.53 Å². The Kier molecular flexibility index (Phi) is 6.06. The van der Waals surface area contributed by atoms with E-state index in [1.54, 1.807) is 17.0 Å². The molecule has 30 heavy (non-hydrogen) atoms. The Labute approximate surface area is 181 Å². The molecule has 156 valence electrons. The second kappa shape index (κ2) is 8.90. The number of fused-ring (bicyclic) bond motifs is 1. The average molecular weight is 425 g/mol. The molecular formula is C23H25ClN4O2. The number of benzene rings is 2. The highest BCUT2D eigenvalue weighted by Crippen LogP contribution is 2.24. The van der Waals surface area contributed by atoms with Crippen LogP contribution in [-0.4, -0.2) is 27.3 Å². The van der Waals surface area contributed by atoms with E-state index in [1.165, 1.54) is 5.56 Å². The number of carbonyl (C=O) groups excluding carboxylic acids is 1. The van der Waals surface area contributed by atoms with Crippen LogP contribution in [0.15, 0.2) is 48.5 Å². The Balaban J connectivity index is 1.41. The molecule has 0 saturated carbocycles. The third kappa shape index (κ3) is 4.66. The maximum absolute atomic E-state index is 12.7. The van der Waals surface area contributed by atoms with Crippen LogP contribution in [-0.2, 0) is 38.0 Å². The molecule has 2 aromatic carbocycles. The van der Waals surface area contributed by atoms with Crippen molar-refractivity contribution in [1.29, 1.82) is 0 Å². The van der Waals surface area contributed by atoms with Crippen LogP contribution in [0.5, 0.6) is 0 Å². The number of anilines is 1. The molecule has 1 aliphatic heterocycles. The fraction of sp³-hybridized carbons (Fsp3) is 0.304. The average Bonchev–Trinajstić information content (AvgIpc) is 3.04. The molecule has 0 saturated heterocycles. The van der Waals surface area contributed by atoms with Gasteiger partial charge in [-0.1, -0.05) is 47.5 Å². The molecule has 4 rings (SSSR count). The summed E-state index contributed by atoms with van der Waals surface area (Å²) in [6.45, 7) is 4.17. The largest absolute Gasteiger partial charge is 0.370 e. The molecule has 3 aromatic rings. The SMILES string of the molecule is Cc1ccc(COCc2nn(C)c3c2CN(C(=O)Nc2cccc(Cl)c2)CC3)cc1. The Bertz CT molecular complexity index is 1050. The first-order chi connectivity index (χ1) is 14.5. The molecule has 0 bridgehead atoms. The summed E-state index contributed by atoms with van der Waals surface area (Å²) in [4.78, 5) is 14.5. The van der Waals surface area contributed by atoms with E-state index in [4.69, 9.17) is 16.3 Å². The lowest BCUT2D eigenvalue weighted by molar-refractivity contribution is 0.103. The standard InChI is InChI=1S/C23H25ClN4O2/c1-16-6-8-17(9-7-16)14-30-15-21-20-13-28(11-10-22(20)27(2)26-21)23(29)25-19-5-3-4-18(24)12-19/h3-9,12H,10-11,13-15H2,1-2H3,(H,25,29). The summed E-state index contributed by atoms with van der Waals surface area (Å²) in [6, 6.07) is 15.3. The van der Waals surface area contributed by atoms with Gasteiger partial charge in [-0.15, -0.1) is 0 Å². The third-order valence-electron chi connectivity index (χ3n) is 5.32. The highest BCUT2D eigenvalue weighted by atomic mass is 35.5. The van der Waals surface area contributed by atoms with Crippen LogP contribution in [0, 0.1) is 6.92 Å². The van der Waals surface area contributed by atoms with E-state index in [-0.39, 0.29) is 6.03 Å². The number of hydrogen-bond acceptors (Lipinski definition) is 3.